The number of benzene rings is 2. The Morgan fingerprint density at radius 2 is 1.96 bits per heavy atom. The Hall–Kier alpha value is -1.55. The number of carbonyl (C=O) groups excluding carboxylic acids is 1. The second-order valence-corrected chi connectivity index (χ2v) is 7.25. The van der Waals surface area contributed by atoms with Gasteiger partial charge >= 0.3 is 0 Å². The molecule has 2 aliphatic heterocycles. The number of hydrogen-bond donors (Lipinski definition) is 1. The van der Waals surface area contributed by atoms with Crippen LogP contribution in [0, 0.1) is 0 Å². The summed E-state index contributed by atoms with van der Waals surface area (Å²) in [6.07, 6.45) is 1.75. The lowest BCUT2D eigenvalue weighted by atomic mass is 9.88. The van der Waals surface area contributed by atoms with Crippen LogP contribution in [0.2, 0.25) is 10.0 Å². The average molecular weight is 361 g/mol. The van der Waals surface area contributed by atoms with Gasteiger partial charge in [-0.05, 0) is 48.7 Å². The summed E-state index contributed by atoms with van der Waals surface area (Å²) in [7, 11) is 0. The van der Waals surface area contributed by atoms with Crippen LogP contribution in [0.1, 0.15) is 33.9 Å². The zero-order valence-corrected chi connectivity index (χ0v) is 14.6. The Labute approximate surface area is 151 Å². The molecule has 0 bridgehead atoms. The molecule has 4 rings (SSSR count). The van der Waals surface area contributed by atoms with Crippen molar-refractivity contribution in [2.24, 2.45) is 0 Å². The molecule has 2 atom stereocenters. The molecule has 2 aromatic carbocycles. The van der Waals surface area contributed by atoms with E-state index in [1.54, 1.807) is 6.07 Å². The molecule has 3 nitrogen and oxygen atoms in total. The fraction of sp³-hybridized carbons (Fsp3) is 0.316. The molecule has 1 unspecified atom stereocenters. The van der Waals surface area contributed by atoms with Gasteiger partial charge in [0.15, 0.2) is 0 Å². The summed E-state index contributed by atoms with van der Waals surface area (Å²) in [5.74, 6) is 0.0987. The van der Waals surface area contributed by atoms with Gasteiger partial charge in [-0.25, -0.2) is 0 Å². The smallest absolute Gasteiger partial charge is 0.254 e. The third-order valence-electron chi connectivity index (χ3n) is 4.98. The number of hydrogen-bond acceptors (Lipinski definition) is 2. The monoisotopic (exact) mass is 360 g/mol. The lowest BCUT2D eigenvalue weighted by molar-refractivity contribution is 0.0554. The van der Waals surface area contributed by atoms with Gasteiger partial charge in [0.25, 0.3) is 5.91 Å². The van der Waals surface area contributed by atoms with Crippen LogP contribution < -0.4 is 5.32 Å². The fourth-order valence-corrected chi connectivity index (χ4v) is 4.36. The Morgan fingerprint density at radius 3 is 2.71 bits per heavy atom. The molecule has 1 fully saturated rings. The van der Waals surface area contributed by atoms with E-state index in [9.17, 15) is 4.79 Å². The van der Waals surface area contributed by atoms with Crippen molar-refractivity contribution in [1.29, 1.82) is 0 Å². The van der Waals surface area contributed by atoms with Gasteiger partial charge in [0, 0.05) is 28.2 Å². The van der Waals surface area contributed by atoms with Crippen LogP contribution in [0.3, 0.4) is 0 Å². The van der Waals surface area contributed by atoms with Crippen molar-refractivity contribution in [2.75, 3.05) is 13.1 Å². The molecule has 1 N–H and O–H groups in total. The summed E-state index contributed by atoms with van der Waals surface area (Å²) in [5, 5.41) is 4.59. The third-order valence-corrected chi connectivity index (χ3v) is 5.54. The summed E-state index contributed by atoms with van der Waals surface area (Å²) in [5.41, 5.74) is 2.86. The van der Waals surface area contributed by atoms with Crippen LogP contribution in [0.5, 0.6) is 0 Å². The second-order valence-electron chi connectivity index (χ2n) is 6.40. The van der Waals surface area contributed by atoms with Crippen molar-refractivity contribution >= 4 is 29.1 Å². The molecule has 0 saturated carbocycles. The van der Waals surface area contributed by atoms with Gasteiger partial charge in [0.05, 0.1) is 6.04 Å². The number of nitrogens with zero attached hydrogens (tertiary/aromatic N) is 1. The number of rotatable bonds is 2. The molecular formula is C19H18Cl2N2O. The first-order valence-corrected chi connectivity index (χ1v) is 8.97. The molecule has 2 aromatic rings. The SMILES string of the molecule is O=C1c2ccccc2CC(c2ccc(Cl)cc2Cl)N1[C@H]1CCNC1. The summed E-state index contributed by atoms with van der Waals surface area (Å²) < 4.78 is 0. The quantitative estimate of drug-likeness (QED) is 0.874. The van der Waals surface area contributed by atoms with E-state index in [1.165, 1.54) is 0 Å². The van der Waals surface area contributed by atoms with Crippen LogP contribution >= 0.6 is 23.2 Å². The van der Waals surface area contributed by atoms with Gasteiger partial charge < -0.3 is 10.2 Å². The second kappa shape index (κ2) is 6.40. The normalized spacial score (nSPS) is 23.4. The third kappa shape index (κ3) is 2.71. The van der Waals surface area contributed by atoms with E-state index in [0.29, 0.717) is 10.0 Å². The largest absolute Gasteiger partial charge is 0.327 e. The molecule has 0 aliphatic carbocycles. The van der Waals surface area contributed by atoms with Gasteiger partial charge in [0.1, 0.15) is 0 Å². The molecule has 1 amide bonds. The maximum absolute atomic E-state index is 13.2. The molecule has 124 valence electrons. The number of carbonyl (C=O) groups is 1. The van der Waals surface area contributed by atoms with Gasteiger partial charge in [-0.15, -0.1) is 0 Å². The summed E-state index contributed by atoms with van der Waals surface area (Å²) in [4.78, 5) is 15.2. The molecule has 5 heteroatoms. The minimum atomic E-state index is -0.0536. The van der Waals surface area contributed by atoms with Crippen molar-refractivity contribution < 1.29 is 4.79 Å². The highest BCUT2D eigenvalue weighted by Gasteiger charge is 2.39. The number of halogens is 2. The summed E-state index contributed by atoms with van der Waals surface area (Å²) in [6, 6.07) is 13.6. The van der Waals surface area contributed by atoms with Crippen molar-refractivity contribution in [3.63, 3.8) is 0 Å². The molecule has 0 aromatic heterocycles. The molecule has 24 heavy (non-hydrogen) atoms. The summed E-state index contributed by atoms with van der Waals surface area (Å²) in [6.45, 7) is 1.77. The van der Waals surface area contributed by atoms with Gasteiger partial charge in [-0.1, -0.05) is 47.5 Å². The van der Waals surface area contributed by atoms with E-state index in [1.807, 2.05) is 41.3 Å². The average Bonchev–Trinajstić information content (AvgIpc) is 3.09. The Bertz CT molecular complexity index is 787. The predicted octanol–water partition coefficient (Wildman–Crippen LogP) is 4.09. The van der Waals surface area contributed by atoms with E-state index in [2.05, 4.69) is 5.32 Å². The number of nitrogens with one attached hydrogen (secondary N) is 1. The van der Waals surface area contributed by atoms with E-state index >= 15 is 0 Å². The van der Waals surface area contributed by atoms with Crippen LogP contribution in [0.4, 0.5) is 0 Å². The number of fused-ring (bicyclic) bond motifs is 1. The van der Waals surface area contributed by atoms with Gasteiger partial charge in [-0.3, -0.25) is 4.79 Å². The molecule has 2 aliphatic rings. The van der Waals surface area contributed by atoms with E-state index in [-0.39, 0.29) is 18.0 Å². The number of amides is 1. The van der Waals surface area contributed by atoms with Crippen LogP contribution in [-0.2, 0) is 6.42 Å². The van der Waals surface area contributed by atoms with Crippen molar-refractivity contribution in [3.05, 3.63) is 69.2 Å². The van der Waals surface area contributed by atoms with E-state index in [0.717, 1.165) is 42.6 Å². The van der Waals surface area contributed by atoms with E-state index in [4.69, 9.17) is 23.2 Å². The van der Waals surface area contributed by atoms with Crippen molar-refractivity contribution in [2.45, 2.75) is 24.9 Å². The molecule has 0 radical (unpaired) electrons. The standard InChI is InChI=1S/C19H18Cl2N2O/c20-13-5-6-16(17(21)10-13)18-9-12-3-1-2-4-15(12)19(24)23(18)14-7-8-22-11-14/h1-6,10,14,18,22H,7-9,11H2/t14-,18?/m0/s1. The molecule has 0 spiro atoms. The first-order valence-electron chi connectivity index (χ1n) is 8.21. The summed E-state index contributed by atoms with van der Waals surface area (Å²) >= 11 is 12.5. The zero-order chi connectivity index (χ0) is 16.7. The molecule has 1 saturated heterocycles. The highest BCUT2D eigenvalue weighted by Crippen LogP contribution is 2.39. The minimum Gasteiger partial charge on any atom is -0.327 e. The molecular weight excluding hydrogens is 343 g/mol. The maximum Gasteiger partial charge on any atom is 0.254 e. The highest BCUT2D eigenvalue weighted by atomic mass is 35.5. The first kappa shape index (κ1) is 15.9. The molecule has 2 heterocycles. The van der Waals surface area contributed by atoms with Crippen LogP contribution in [-0.4, -0.2) is 29.9 Å². The topological polar surface area (TPSA) is 32.3 Å². The fourth-order valence-electron chi connectivity index (χ4n) is 3.82. The van der Waals surface area contributed by atoms with E-state index < -0.39 is 0 Å². The lowest BCUT2D eigenvalue weighted by Crippen LogP contribution is -2.47. The zero-order valence-electron chi connectivity index (χ0n) is 13.1. The van der Waals surface area contributed by atoms with Crippen LogP contribution in [0.15, 0.2) is 42.5 Å². The van der Waals surface area contributed by atoms with Gasteiger partial charge in [0.2, 0.25) is 0 Å². The Morgan fingerprint density at radius 1 is 1.12 bits per heavy atom. The van der Waals surface area contributed by atoms with Gasteiger partial charge in [-0.2, -0.15) is 0 Å². The maximum atomic E-state index is 13.2. The van der Waals surface area contributed by atoms with Crippen molar-refractivity contribution in [1.82, 2.24) is 10.2 Å². The highest BCUT2D eigenvalue weighted by molar-refractivity contribution is 6.35. The van der Waals surface area contributed by atoms with Crippen molar-refractivity contribution in [3.8, 4) is 0 Å². The minimum absolute atomic E-state index is 0.0536. The Kier molecular flexibility index (Phi) is 4.25. The first-order chi connectivity index (χ1) is 11.6. The van der Waals surface area contributed by atoms with Crippen LogP contribution in [0.25, 0.3) is 0 Å². The lowest BCUT2D eigenvalue weighted by Gasteiger charge is -2.41. The predicted molar refractivity (Wildman–Crippen MR) is 96.8 cm³/mol. The Balaban J connectivity index is 1.81.